The average Bonchev–Trinajstić information content (AvgIpc) is 2.71. The first-order chi connectivity index (χ1) is 10.5. The molecule has 2 amide bonds. The molecule has 1 saturated heterocycles. The summed E-state index contributed by atoms with van der Waals surface area (Å²) in [6.45, 7) is 9.75. The van der Waals surface area contributed by atoms with Crippen molar-refractivity contribution in [2.45, 2.75) is 51.8 Å². The molecule has 2 heterocycles. The summed E-state index contributed by atoms with van der Waals surface area (Å²) in [5.74, 6) is 1.60. The number of furan rings is 1. The van der Waals surface area contributed by atoms with Gasteiger partial charge in [-0.05, 0) is 47.1 Å². The third-order valence-corrected chi connectivity index (χ3v) is 7.24. The Morgan fingerprint density at radius 3 is 2.57 bits per heavy atom. The highest BCUT2D eigenvalue weighted by Crippen LogP contribution is 2.26. The van der Waals surface area contributed by atoms with Crippen LogP contribution >= 0.6 is 0 Å². The monoisotopic (exact) mass is 342 g/mol. The van der Waals surface area contributed by atoms with Gasteiger partial charge in [-0.1, -0.05) is 0 Å². The van der Waals surface area contributed by atoms with Gasteiger partial charge in [0.15, 0.2) is 9.84 Å². The fourth-order valence-corrected chi connectivity index (χ4v) is 4.23. The third-order valence-electron chi connectivity index (χ3n) is 4.63. The second kappa shape index (κ2) is 6.19. The van der Waals surface area contributed by atoms with Crippen molar-refractivity contribution in [3.8, 4) is 0 Å². The maximum Gasteiger partial charge on any atom is 0.317 e. The van der Waals surface area contributed by atoms with E-state index in [2.05, 4.69) is 5.32 Å². The standard InChI is InChI=1S/C16H26N2O4S/c1-11-10-14(13(3)22-11)12(2)17-15(19)18-7-6-16(4,5)23(20,21)9-8-18/h10,12H,6-9H2,1-5H3,(H,17,19). The summed E-state index contributed by atoms with van der Waals surface area (Å²) in [7, 11) is -3.18. The van der Waals surface area contributed by atoms with Gasteiger partial charge in [0, 0.05) is 18.7 Å². The highest BCUT2D eigenvalue weighted by molar-refractivity contribution is 7.92. The van der Waals surface area contributed by atoms with Gasteiger partial charge in [0.05, 0.1) is 16.5 Å². The predicted molar refractivity (Wildman–Crippen MR) is 89.2 cm³/mol. The van der Waals surface area contributed by atoms with E-state index in [1.54, 1.807) is 18.7 Å². The van der Waals surface area contributed by atoms with Gasteiger partial charge < -0.3 is 14.6 Å². The molecule has 1 aliphatic heterocycles. The molecule has 1 fully saturated rings. The molecule has 0 aromatic carbocycles. The lowest BCUT2D eigenvalue weighted by atomic mass is 10.1. The van der Waals surface area contributed by atoms with Crippen LogP contribution in [-0.2, 0) is 9.84 Å². The first-order valence-corrected chi connectivity index (χ1v) is 9.53. The lowest BCUT2D eigenvalue weighted by molar-refractivity contribution is 0.197. The van der Waals surface area contributed by atoms with Crippen molar-refractivity contribution in [3.05, 3.63) is 23.2 Å². The topological polar surface area (TPSA) is 79.6 Å². The molecule has 130 valence electrons. The van der Waals surface area contributed by atoms with Crippen molar-refractivity contribution >= 4 is 15.9 Å². The summed E-state index contributed by atoms with van der Waals surface area (Å²) in [5.41, 5.74) is 0.943. The number of nitrogens with one attached hydrogen (secondary N) is 1. The van der Waals surface area contributed by atoms with E-state index in [0.717, 1.165) is 17.1 Å². The summed E-state index contributed by atoms with van der Waals surface area (Å²) in [6, 6.07) is 1.49. The Kier molecular flexibility index (Phi) is 4.80. The van der Waals surface area contributed by atoms with Crippen LogP contribution in [0.25, 0.3) is 0 Å². The van der Waals surface area contributed by atoms with Gasteiger partial charge in [-0.15, -0.1) is 0 Å². The van der Waals surface area contributed by atoms with Crippen LogP contribution in [0.1, 0.15) is 50.3 Å². The molecule has 0 spiro atoms. The molecule has 0 aliphatic carbocycles. The molecule has 0 bridgehead atoms. The van der Waals surface area contributed by atoms with Crippen LogP contribution in [0.4, 0.5) is 4.79 Å². The maximum absolute atomic E-state index is 12.5. The van der Waals surface area contributed by atoms with Gasteiger partial charge in [0.1, 0.15) is 11.5 Å². The molecule has 1 unspecified atom stereocenters. The molecule has 1 atom stereocenters. The van der Waals surface area contributed by atoms with Crippen molar-refractivity contribution in [3.63, 3.8) is 0 Å². The normalized spacial score (nSPS) is 21.5. The summed E-state index contributed by atoms with van der Waals surface area (Å²) in [4.78, 5) is 14.1. The molecule has 7 heteroatoms. The second-order valence-electron chi connectivity index (χ2n) is 6.86. The van der Waals surface area contributed by atoms with Crippen molar-refractivity contribution in [1.29, 1.82) is 0 Å². The van der Waals surface area contributed by atoms with Gasteiger partial charge >= 0.3 is 6.03 Å². The number of aryl methyl sites for hydroxylation is 2. The molecule has 1 aromatic rings. The molecule has 6 nitrogen and oxygen atoms in total. The zero-order valence-electron chi connectivity index (χ0n) is 14.5. The van der Waals surface area contributed by atoms with Crippen LogP contribution in [0.3, 0.4) is 0 Å². The number of rotatable bonds is 2. The van der Waals surface area contributed by atoms with Gasteiger partial charge in [-0.3, -0.25) is 0 Å². The van der Waals surface area contributed by atoms with E-state index in [1.165, 1.54) is 0 Å². The highest BCUT2D eigenvalue weighted by atomic mass is 32.2. The number of hydrogen-bond donors (Lipinski definition) is 1. The number of amides is 2. The predicted octanol–water partition coefficient (Wildman–Crippen LogP) is 2.57. The Balaban J connectivity index is 2.05. The van der Waals surface area contributed by atoms with Crippen LogP contribution in [0.5, 0.6) is 0 Å². The van der Waals surface area contributed by atoms with E-state index < -0.39 is 14.6 Å². The Labute approximate surface area is 138 Å². The Morgan fingerprint density at radius 1 is 1.35 bits per heavy atom. The average molecular weight is 342 g/mol. The minimum absolute atomic E-state index is 0.00560. The third kappa shape index (κ3) is 3.71. The van der Waals surface area contributed by atoms with Crippen LogP contribution in [0, 0.1) is 13.8 Å². The molecule has 1 aromatic heterocycles. The molecule has 0 radical (unpaired) electrons. The Hall–Kier alpha value is -1.50. The van der Waals surface area contributed by atoms with Crippen molar-refractivity contribution < 1.29 is 17.6 Å². The number of nitrogens with zero attached hydrogens (tertiary/aromatic N) is 1. The van der Waals surface area contributed by atoms with E-state index in [4.69, 9.17) is 4.42 Å². The summed E-state index contributed by atoms with van der Waals surface area (Å²) in [6.07, 6.45) is 0.445. The SMILES string of the molecule is Cc1cc(C(C)NC(=O)N2CCC(C)(C)S(=O)(=O)CC2)c(C)o1. The fourth-order valence-electron chi connectivity index (χ4n) is 2.82. The smallest absolute Gasteiger partial charge is 0.317 e. The van der Waals surface area contributed by atoms with Crippen molar-refractivity contribution in [2.24, 2.45) is 0 Å². The second-order valence-corrected chi connectivity index (χ2v) is 9.60. The lowest BCUT2D eigenvalue weighted by Gasteiger charge is -2.24. The summed E-state index contributed by atoms with van der Waals surface area (Å²) < 4.78 is 29.1. The first-order valence-electron chi connectivity index (χ1n) is 7.88. The molecule has 1 N–H and O–H groups in total. The van der Waals surface area contributed by atoms with E-state index >= 15 is 0 Å². The Bertz CT molecular complexity index is 691. The number of urea groups is 1. The molecule has 0 saturated carbocycles. The summed E-state index contributed by atoms with van der Waals surface area (Å²) >= 11 is 0. The van der Waals surface area contributed by atoms with Crippen LogP contribution in [0.15, 0.2) is 10.5 Å². The van der Waals surface area contributed by atoms with Crippen molar-refractivity contribution in [1.82, 2.24) is 10.2 Å². The zero-order valence-corrected chi connectivity index (χ0v) is 15.3. The minimum Gasteiger partial charge on any atom is -0.466 e. The zero-order chi connectivity index (χ0) is 17.4. The first kappa shape index (κ1) is 17.8. The Morgan fingerprint density at radius 2 is 2.00 bits per heavy atom. The molecule has 2 rings (SSSR count). The van der Waals surface area contributed by atoms with E-state index in [1.807, 2.05) is 26.8 Å². The number of hydrogen-bond acceptors (Lipinski definition) is 4. The molecule has 1 aliphatic rings. The summed E-state index contributed by atoms with van der Waals surface area (Å²) in [5, 5.41) is 2.93. The number of sulfone groups is 1. The molecular formula is C16H26N2O4S. The minimum atomic E-state index is -3.18. The number of carbonyl (C=O) groups is 1. The number of carbonyl (C=O) groups excluding carboxylic acids is 1. The van der Waals surface area contributed by atoms with Gasteiger partial charge in [-0.2, -0.15) is 0 Å². The lowest BCUT2D eigenvalue weighted by Crippen LogP contribution is -2.42. The van der Waals surface area contributed by atoms with Crippen LogP contribution in [-0.4, -0.2) is 42.9 Å². The van der Waals surface area contributed by atoms with Crippen molar-refractivity contribution in [2.75, 3.05) is 18.8 Å². The van der Waals surface area contributed by atoms with Crippen LogP contribution < -0.4 is 5.32 Å². The van der Waals surface area contributed by atoms with Gasteiger partial charge in [0.2, 0.25) is 0 Å². The van der Waals surface area contributed by atoms with E-state index in [-0.39, 0.29) is 24.4 Å². The van der Waals surface area contributed by atoms with Gasteiger partial charge in [-0.25, -0.2) is 13.2 Å². The highest BCUT2D eigenvalue weighted by Gasteiger charge is 2.38. The van der Waals surface area contributed by atoms with E-state index in [9.17, 15) is 13.2 Å². The van der Waals surface area contributed by atoms with Gasteiger partial charge in [0.25, 0.3) is 0 Å². The maximum atomic E-state index is 12.5. The molecule has 23 heavy (non-hydrogen) atoms. The van der Waals surface area contributed by atoms with Crippen LogP contribution in [0.2, 0.25) is 0 Å². The quantitative estimate of drug-likeness (QED) is 0.896. The van der Waals surface area contributed by atoms with E-state index in [0.29, 0.717) is 13.0 Å². The largest absolute Gasteiger partial charge is 0.466 e. The molecular weight excluding hydrogens is 316 g/mol. The fraction of sp³-hybridized carbons (Fsp3) is 0.688.